The first-order chi connectivity index (χ1) is 18.6. The Hall–Kier alpha value is -5.27. The second-order valence-corrected chi connectivity index (χ2v) is 8.06. The molecule has 0 saturated heterocycles. The van der Waals surface area contributed by atoms with E-state index in [0.717, 1.165) is 12.1 Å². The topological polar surface area (TPSA) is 170 Å². The van der Waals surface area contributed by atoms with E-state index in [0.29, 0.717) is 4.68 Å². The number of methoxy groups -OCH3 is 2. The standard InChI is InChI=1S/C25H23F2N7O5/c1-12(35)39-18-9-13(6-7-14(18)22(28)29)31-21(15-10-19(37-2)20(38-3)11-17(15)27)23-32-25(36)34(33-23)24-16(26)5-4-8-30-24/h4-11,21,31H,1-3H3,(H3,28,29)(H,32,33,36)/t21-/m0/s1. The zero-order valence-electron chi connectivity index (χ0n) is 20.9. The lowest BCUT2D eigenvalue weighted by atomic mass is 10.0. The number of hydrogen-bond acceptors (Lipinski definition) is 9. The third-order valence-electron chi connectivity index (χ3n) is 5.50. The largest absolute Gasteiger partial charge is 0.493 e. The van der Waals surface area contributed by atoms with Crippen LogP contribution in [0.1, 0.15) is 29.9 Å². The van der Waals surface area contributed by atoms with E-state index in [1.54, 1.807) is 0 Å². The number of hydrogen-bond donors (Lipinski definition) is 4. The van der Waals surface area contributed by atoms with Crippen molar-refractivity contribution in [1.29, 1.82) is 5.41 Å². The second kappa shape index (κ2) is 11.0. The Kier molecular flexibility index (Phi) is 7.56. The number of pyridine rings is 1. The molecule has 0 aliphatic carbocycles. The van der Waals surface area contributed by atoms with Gasteiger partial charge < -0.3 is 25.3 Å². The minimum atomic E-state index is -1.20. The van der Waals surface area contributed by atoms with Gasteiger partial charge in [-0.3, -0.25) is 15.2 Å². The summed E-state index contributed by atoms with van der Waals surface area (Å²) >= 11 is 0. The number of carbonyl (C=O) groups is 1. The second-order valence-electron chi connectivity index (χ2n) is 8.06. The molecule has 0 amide bonds. The van der Waals surface area contributed by atoms with E-state index in [1.807, 2.05) is 0 Å². The van der Waals surface area contributed by atoms with Gasteiger partial charge in [-0.1, -0.05) is 0 Å². The Labute approximate surface area is 219 Å². The molecule has 12 nitrogen and oxygen atoms in total. The monoisotopic (exact) mass is 539 g/mol. The van der Waals surface area contributed by atoms with Crippen molar-refractivity contribution in [1.82, 2.24) is 19.7 Å². The number of halogens is 2. The van der Waals surface area contributed by atoms with Gasteiger partial charge in [0.2, 0.25) is 0 Å². The van der Waals surface area contributed by atoms with Crippen molar-refractivity contribution < 1.29 is 27.8 Å². The number of esters is 1. The summed E-state index contributed by atoms with van der Waals surface area (Å²) in [5.41, 5.74) is 5.16. The highest BCUT2D eigenvalue weighted by atomic mass is 19.1. The molecule has 2 aromatic carbocycles. The fourth-order valence-electron chi connectivity index (χ4n) is 3.77. The lowest BCUT2D eigenvalue weighted by Crippen LogP contribution is -2.18. The number of amidine groups is 1. The van der Waals surface area contributed by atoms with Crippen molar-refractivity contribution in [3.63, 3.8) is 0 Å². The molecule has 0 radical (unpaired) electrons. The fourth-order valence-corrected chi connectivity index (χ4v) is 3.77. The van der Waals surface area contributed by atoms with Gasteiger partial charge in [-0.2, -0.15) is 4.68 Å². The van der Waals surface area contributed by atoms with Crippen LogP contribution in [0.25, 0.3) is 5.82 Å². The number of H-pyrrole nitrogens is 1. The normalized spacial score (nSPS) is 11.5. The lowest BCUT2D eigenvalue weighted by molar-refractivity contribution is -0.131. The highest BCUT2D eigenvalue weighted by Crippen LogP contribution is 2.36. The summed E-state index contributed by atoms with van der Waals surface area (Å²) < 4.78 is 46.2. The van der Waals surface area contributed by atoms with Gasteiger partial charge >= 0.3 is 11.7 Å². The number of nitrogens with one attached hydrogen (secondary N) is 3. The molecular weight excluding hydrogens is 516 g/mol. The molecule has 0 saturated carbocycles. The highest BCUT2D eigenvalue weighted by molar-refractivity contribution is 5.98. The maximum Gasteiger partial charge on any atom is 0.349 e. The first-order valence-electron chi connectivity index (χ1n) is 11.3. The maximum atomic E-state index is 15.4. The quantitative estimate of drug-likeness (QED) is 0.108. The van der Waals surface area contributed by atoms with Crippen LogP contribution in [0.15, 0.2) is 53.5 Å². The number of nitrogen functional groups attached to an aromatic ring is 1. The summed E-state index contributed by atoms with van der Waals surface area (Å²) in [5.74, 6) is -2.74. The Morgan fingerprint density at radius 3 is 2.46 bits per heavy atom. The molecule has 0 fully saturated rings. The first kappa shape index (κ1) is 26.8. The molecule has 0 aliphatic rings. The van der Waals surface area contributed by atoms with Gasteiger partial charge in [-0.15, -0.1) is 5.10 Å². The molecule has 4 rings (SSSR count). The lowest BCUT2D eigenvalue weighted by Gasteiger charge is -2.21. The van der Waals surface area contributed by atoms with E-state index in [-0.39, 0.29) is 51.5 Å². The van der Waals surface area contributed by atoms with E-state index in [1.165, 1.54) is 57.7 Å². The summed E-state index contributed by atoms with van der Waals surface area (Å²) in [6.45, 7) is 1.18. The zero-order valence-corrected chi connectivity index (χ0v) is 20.9. The summed E-state index contributed by atoms with van der Waals surface area (Å²) in [7, 11) is 2.72. The van der Waals surface area contributed by atoms with Crippen molar-refractivity contribution >= 4 is 17.5 Å². The molecule has 1 atom stereocenters. The molecule has 4 aromatic rings. The van der Waals surface area contributed by atoms with E-state index in [2.05, 4.69) is 20.4 Å². The molecule has 0 spiro atoms. The van der Waals surface area contributed by atoms with Gasteiger partial charge in [0.05, 0.1) is 19.8 Å². The first-order valence-corrected chi connectivity index (χ1v) is 11.3. The van der Waals surface area contributed by atoms with Crippen molar-refractivity contribution in [3.05, 3.63) is 87.7 Å². The Morgan fingerprint density at radius 2 is 1.82 bits per heavy atom. The van der Waals surface area contributed by atoms with Crippen molar-refractivity contribution in [3.8, 4) is 23.1 Å². The third-order valence-corrected chi connectivity index (χ3v) is 5.50. The van der Waals surface area contributed by atoms with Crippen molar-refractivity contribution in [2.24, 2.45) is 5.73 Å². The van der Waals surface area contributed by atoms with Crippen LogP contribution >= 0.6 is 0 Å². The zero-order chi connectivity index (χ0) is 28.3. The number of rotatable bonds is 9. The van der Waals surface area contributed by atoms with Crippen LogP contribution in [0.5, 0.6) is 17.2 Å². The average Bonchev–Trinajstić information content (AvgIpc) is 3.28. The Bertz CT molecular complexity index is 1620. The van der Waals surface area contributed by atoms with E-state index < -0.39 is 29.3 Å². The summed E-state index contributed by atoms with van der Waals surface area (Å²) in [6, 6.07) is 8.02. The van der Waals surface area contributed by atoms with E-state index >= 15 is 4.39 Å². The SMILES string of the molecule is COc1cc(F)c([C@H](Nc2ccc(C(=N)N)c(OC(C)=O)c2)c2nn(-c3ncccc3F)c(=O)[nH]2)cc1OC. The van der Waals surface area contributed by atoms with Crippen LogP contribution < -0.4 is 31.0 Å². The van der Waals surface area contributed by atoms with Gasteiger partial charge in [-0.25, -0.2) is 18.6 Å². The number of carbonyl (C=O) groups excluding carboxylic acids is 1. The molecule has 5 N–H and O–H groups in total. The molecular formula is C25H23F2N7O5. The van der Waals surface area contributed by atoms with E-state index in [4.69, 9.17) is 25.4 Å². The minimum Gasteiger partial charge on any atom is -0.493 e. The molecule has 39 heavy (non-hydrogen) atoms. The summed E-state index contributed by atoms with van der Waals surface area (Å²) in [4.78, 5) is 30.8. The number of nitrogens with two attached hydrogens (primary N) is 1. The van der Waals surface area contributed by atoms with Crippen LogP contribution in [0, 0.1) is 17.0 Å². The number of aromatic amines is 1. The molecule has 0 bridgehead atoms. The number of anilines is 1. The maximum absolute atomic E-state index is 15.4. The highest BCUT2D eigenvalue weighted by Gasteiger charge is 2.26. The predicted molar refractivity (Wildman–Crippen MR) is 136 cm³/mol. The Balaban J connectivity index is 1.88. The van der Waals surface area contributed by atoms with Crippen LogP contribution in [-0.4, -0.2) is 45.8 Å². The van der Waals surface area contributed by atoms with Gasteiger partial charge in [0.1, 0.15) is 23.4 Å². The number of benzene rings is 2. The molecule has 2 heterocycles. The van der Waals surface area contributed by atoms with Gasteiger partial charge in [0.25, 0.3) is 0 Å². The van der Waals surface area contributed by atoms with Crippen LogP contribution in [0.4, 0.5) is 14.5 Å². The summed E-state index contributed by atoms with van der Waals surface area (Å²) in [6.07, 6.45) is 1.29. The van der Waals surface area contributed by atoms with Crippen molar-refractivity contribution in [2.45, 2.75) is 13.0 Å². The number of ether oxygens (including phenoxy) is 3. The minimum absolute atomic E-state index is 0.0267. The van der Waals surface area contributed by atoms with Crippen LogP contribution in [-0.2, 0) is 4.79 Å². The predicted octanol–water partition coefficient (Wildman–Crippen LogP) is 2.66. The fraction of sp³-hybridized carbons (Fsp3) is 0.160. The number of nitrogens with zero attached hydrogens (tertiary/aromatic N) is 3. The number of aromatic nitrogens is 4. The van der Waals surface area contributed by atoms with Gasteiger partial charge in [0.15, 0.2) is 29.0 Å². The molecule has 2 aromatic heterocycles. The van der Waals surface area contributed by atoms with E-state index in [9.17, 15) is 14.0 Å². The van der Waals surface area contributed by atoms with Crippen LogP contribution in [0.3, 0.4) is 0 Å². The third kappa shape index (κ3) is 5.53. The van der Waals surface area contributed by atoms with Crippen LogP contribution in [0.2, 0.25) is 0 Å². The average molecular weight is 539 g/mol. The molecule has 14 heteroatoms. The van der Waals surface area contributed by atoms with Gasteiger partial charge in [-0.05, 0) is 30.3 Å². The molecule has 202 valence electrons. The molecule has 0 aliphatic heterocycles. The smallest absolute Gasteiger partial charge is 0.349 e. The Morgan fingerprint density at radius 1 is 1.10 bits per heavy atom. The summed E-state index contributed by atoms with van der Waals surface area (Å²) in [5, 5.41) is 14.9. The van der Waals surface area contributed by atoms with Crippen molar-refractivity contribution in [2.75, 3.05) is 19.5 Å². The van der Waals surface area contributed by atoms with Gasteiger partial charge in [0, 0.05) is 36.5 Å². The molecule has 0 unspecified atom stereocenters.